The molecule has 2 aromatic rings. The minimum Gasteiger partial charge on any atom is -0.492 e. The minimum absolute atomic E-state index is 0.636. The molecule has 90 valence electrons. The molecule has 1 aromatic heterocycles. The van der Waals surface area contributed by atoms with Gasteiger partial charge in [0.15, 0.2) is 6.39 Å². The van der Waals surface area contributed by atoms with E-state index < -0.39 is 0 Å². The van der Waals surface area contributed by atoms with E-state index in [1.165, 1.54) is 12.0 Å². The molecule has 2 rings (SSSR count). The van der Waals surface area contributed by atoms with Gasteiger partial charge in [0.05, 0.1) is 12.7 Å². The maximum atomic E-state index is 5.60. The van der Waals surface area contributed by atoms with E-state index >= 15 is 0 Å². The molecule has 0 bridgehead atoms. The Morgan fingerprint density at radius 2 is 2.35 bits per heavy atom. The summed E-state index contributed by atoms with van der Waals surface area (Å²) in [6.45, 7) is 4.14. The topological polar surface area (TPSA) is 47.3 Å². The third kappa shape index (κ3) is 3.92. The highest BCUT2D eigenvalue weighted by Gasteiger charge is 1.96. The Morgan fingerprint density at radius 3 is 3.12 bits per heavy atom. The van der Waals surface area contributed by atoms with Gasteiger partial charge in [-0.25, -0.2) is 4.98 Å². The number of oxazole rings is 1. The Kier molecular flexibility index (Phi) is 4.16. The van der Waals surface area contributed by atoms with Gasteiger partial charge in [-0.05, 0) is 24.6 Å². The summed E-state index contributed by atoms with van der Waals surface area (Å²) < 4.78 is 10.7. The number of hydrogen-bond acceptors (Lipinski definition) is 4. The summed E-state index contributed by atoms with van der Waals surface area (Å²) in [5.74, 6) is 1.74. The van der Waals surface area contributed by atoms with Crippen molar-refractivity contribution in [1.29, 1.82) is 0 Å². The van der Waals surface area contributed by atoms with Crippen LogP contribution in [0.15, 0.2) is 41.3 Å². The van der Waals surface area contributed by atoms with E-state index in [0.29, 0.717) is 13.2 Å². The van der Waals surface area contributed by atoms with Gasteiger partial charge in [-0.2, -0.15) is 0 Å². The first-order valence-corrected chi connectivity index (χ1v) is 5.62. The van der Waals surface area contributed by atoms with Crippen molar-refractivity contribution in [1.82, 2.24) is 10.3 Å². The molecule has 1 N–H and O–H groups in total. The van der Waals surface area contributed by atoms with Crippen LogP contribution in [0.5, 0.6) is 5.75 Å². The van der Waals surface area contributed by atoms with Gasteiger partial charge < -0.3 is 14.5 Å². The Balaban J connectivity index is 1.63. The van der Waals surface area contributed by atoms with Crippen molar-refractivity contribution in [2.45, 2.75) is 13.5 Å². The quantitative estimate of drug-likeness (QED) is 0.775. The Morgan fingerprint density at radius 1 is 1.41 bits per heavy atom. The molecular weight excluding hydrogens is 216 g/mol. The highest BCUT2D eigenvalue weighted by atomic mass is 16.5. The second-order valence-corrected chi connectivity index (χ2v) is 3.81. The van der Waals surface area contributed by atoms with Gasteiger partial charge >= 0.3 is 0 Å². The summed E-state index contributed by atoms with van der Waals surface area (Å²) in [5, 5.41) is 3.21. The number of nitrogens with one attached hydrogen (secondary N) is 1. The molecule has 1 aromatic carbocycles. The highest BCUT2D eigenvalue weighted by molar-refractivity contribution is 5.27. The van der Waals surface area contributed by atoms with E-state index in [1.54, 1.807) is 6.20 Å². The molecular formula is C13H16N2O2. The molecule has 0 radical (unpaired) electrons. The van der Waals surface area contributed by atoms with Crippen molar-refractivity contribution >= 4 is 0 Å². The second kappa shape index (κ2) is 6.06. The van der Waals surface area contributed by atoms with Crippen LogP contribution in [-0.2, 0) is 6.54 Å². The molecule has 0 atom stereocenters. The van der Waals surface area contributed by atoms with Crippen LogP contribution < -0.4 is 10.1 Å². The fourth-order valence-electron chi connectivity index (χ4n) is 1.49. The molecule has 0 saturated heterocycles. The lowest BCUT2D eigenvalue weighted by atomic mass is 10.2. The fraction of sp³-hybridized carbons (Fsp3) is 0.308. The number of benzene rings is 1. The van der Waals surface area contributed by atoms with Crippen LogP contribution in [0.4, 0.5) is 0 Å². The van der Waals surface area contributed by atoms with Crippen LogP contribution in [0.1, 0.15) is 11.3 Å². The zero-order valence-corrected chi connectivity index (χ0v) is 9.85. The minimum atomic E-state index is 0.636. The van der Waals surface area contributed by atoms with Gasteiger partial charge in [-0.15, -0.1) is 0 Å². The zero-order valence-electron chi connectivity index (χ0n) is 9.85. The van der Waals surface area contributed by atoms with Crippen molar-refractivity contribution in [2.75, 3.05) is 13.2 Å². The van der Waals surface area contributed by atoms with Crippen molar-refractivity contribution in [3.05, 3.63) is 48.2 Å². The Bertz CT molecular complexity index is 440. The third-order valence-electron chi connectivity index (χ3n) is 2.32. The predicted octanol–water partition coefficient (Wildman–Crippen LogP) is 2.15. The van der Waals surface area contributed by atoms with Gasteiger partial charge in [-0.3, -0.25) is 0 Å². The van der Waals surface area contributed by atoms with Crippen LogP contribution in [0.3, 0.4) is 0 Å². The van der Waals surface area contributed by atoms with Crippen molar-refractivity contribution in [3.63, 3.8) is 0 Å². The number of rotatable bonds is 6. The van der Waals surface area contributed by atoms with Crippen LogP contribution in [-0.4, -0.2) is 18.1 Å². The molecule has 1 heterocycles. The predicted molar refractivity (Wildman–Crippen MR) is 64.9 cm³/mol. The lowest BCUT2D eigenvalue weighted by Crippen LogP contribution is -2.20. The van der Waals surface area contributed by atoms with E-state index in [1.807, 2.05) is 18.2 Å². The van der Waals surface area contributed by atoms with Crippen LogP contribution in [0.2, 0.25) is 0 Å². The first-order chi connectivity index (χ1) is 8.34. The molecule has 0 amide bonds. The average molecular weight is 232 g/mol. The fourth-order valence-corrected chi connectivity index (χ4v) is 1.49. The maximum absolute atomic E-state index is 5.60. The monoisotopic (exact) mass is 232 g/mol. The van der Waals surface area contributed by atoms with Gasteiger partial charge in [0.2, 0.25) is 0 Å². The highest BCUT2D eigenvalue weighted by Crippen LogP contribution is 2.11. The number of aryl methyl sites for hydroxylation is 1. The molecule has 4 nitrogen and oxygen atoms in total. The molecule has 0 aliphatic carbocycles. The van der Waals surface area contributed by atoms with Crippen LogP contribution in [0.25, 0.3) is 0 Å². The van der Waals surface area contributed by atoms with E-state index in [-0.39, 0.29) is 0 Å². The molecule has 0 saturated carbocycles. The van der Waals surface area contributed by atoms with Gasteiger partial charge in [0.1, 0.15) is 18.1 Å². The van der Waals surface area contributed by atoms with Gasteiger partial charge in [-0.1, -0.05) is 12.1 Å². The van der Waals surface area contributed by atoms with Crippen molar-refractivity contribution < 1.29 is 9.15 Å². The maximum Gasteiger partial charge on any atom is 0.180 e. The molecule has 0 aliphatic rings. The summed E-state index contributed by atoms with van der Waals surface area (Å²) in [6, 6.07) is 8.03. The first kappa shape index (κ1) is 11.7. The molecule has 4 heteroatoms. The smallest absolute Gasteiger partial charge is 0.180 e. The Hall–Kier alpha value is -1.81. The number of ether oxygens (including phenoxy) is 1. The standard InChI is InChI=1S/C13H16N2O2/c1-11-3-2-4-12(7-11)16-6-5-14-8-13-9-15-10-17-13/h2-4,7,9-10,14H,5-6,8H2,1H3. The normalized spacial score (nSPS) is 10.4. The summed E-state index contributed by atoms with van der Waals surface area (Å²) in [4.78, 5) is 3.84. The van der Waals surface area contributed by atoms with E-state index in [4.69, 9.17) is 9.15 Å². The lowest BCUT2D eigenvalue weighted by Gasteiger charge is -2.07. The third-order valence-corrected chi connectivity index (χ3v) is 2.32. The molecule has 0 unspecified atom stereocenters. The van der Waals surface area contributed by atoms with Crippen LogP contribution in [0, 0.1) is 6.92 Å². The SMILES string of the molecule is Cc1cccc(OCCNCc2cnco2)c1. The molecule has 0 spiro atoms. The number of aromatic nitrogens is 1. The second-order valence-electron chi connectivity index (χ2n) is 3.81. The van der Waals surface area contributed by atoms with Gasteiger partial charge in [0.25, 0.3) is 0 Å². The lowest BCUT2D eigenvalue weighted by molar-refractivity contribution is 0.310. The number of nitrogens with zero attached hydrogens (tertiary/aromatic N) is 1. The van der Waals surface area contributed by atoms with Crippen LogP contribution >= 0.6 is 0 Å². The van der Waals surface area contributed by atoms with Gasteiger partial charge in [0, 0.05) is 6.54 Å². The zero-order chi connectivity index (χ0) is 11.9. The number of hydrogen-bond donors (Lipinski definition) is 1. The van der Waals surface area contributed by atoms with E-state index in [0.717, 1.165) is 18.1 Å². The van der Waals surface area contributed by atoms with E-state index in [9.17, 15) is 0 Å². The Labute approximate surface area is 101 Å². The molecule has 17 heavy (non-hydrogen) atoms. The largest absolute Gasteiger partial charge is 0.492 e. The van der Waals surface area contributed by atoms with Crippen molar-refractivity contribution in [2.24, 2.45) is 0 Å². The summed E-state index contributed by atoms with van der Waals surface area (Å²) >= 11 is 0. The summed E-state index contributed by atoms with van der Waals surface area (Å²) in [5.41, 5.74) is 1.21. The summed E-state index contributed by atoms with van der Waals surface area (Å²) in [6.07, 6.45) is 3.13. The van der Waals surface area contributed by atoms with E-state index in [2.05, 4.69) is 23.3 Å². The molecule has 0 aliphatic heterocycles. The average Bonchev–Trinajstić information content (AvgIpc) is 2.82. The summed E-state index contributed by atoms with van der Waals surface area (Å²) in [7, 11) is 0. The van der Waals surface area contributed by atoms with Crippen molar-refractivity contribution in [3.8, 4) is 5.75 Å². The first-order valence-electron chi connectivity index (χ1n) is 5.62. The molecule has 0 fully saturated rings.